The fourth-order valence-electron chi connectivity index (χ4n) is 2.11. The van der Waals surface area contributed by atoms with E-state index in [0.717, 1.165) is 13.0 Å². The standard InChI is InChI=1S/C12H17N3O3.2ClH/c1-18-10-4-6-13-7-9(10)15-12(17)8-3-2-5-14-11(8)16;;/h2-3,5,9-10,13H,4,6-7H2,1H3,(H,14,16)(H,15,17);2*1H/t9-,10+;;/m0../s1. The molecule has 6 nitrogen and oxygen atoms in total. The molecule has 2 atom stereocenters. The van der Waals surface area contributed by atoms with Crippen LogP contribution >= 0.6 is 24.8 Å². The Labute approximate surface area is 129 Å². The first kappa shape index (κ1) is 18.9. The normalized spacial score (nSPS) is 21.2. The molecule has 20 heavy (non-hydrogen) atoms. The van der Waals surface area contributed by atoms with Gasteiger partial charge in [0.1, 0.15) is 5.56 Å². The lowest BCUT2D eigenvalue weighted by Gasteiger charge is -2.31. The number of carbonyl (C=O) groups is 1. The van der Waals surface area contributed by atoms with Gasteiger partial charge >= 0.3 is 0 Å². The molecule has 0 saturated carbocycles. The van der Waals surface area contributed by atoms with Crippen LogP contribution in [0.3, 0.4) is 0 Å². The maximum Gasteiger partial charge on any atom is 0.260 e. The lowest BCUT2D eigenvalue weighted by atomic mass is 10.0. The van der Waals surface area contributed by atoms with Crippen LogP contribution in [-0.4, -0.2) is 43.2 Å². The van der Waals surface area contributed by atoms with Crippen molar-refractivity contribution in [2.75, 3.05) is 20.2 Å². The van der Waals surface area contributed by atoms with Crippen molar-refractivity contribution >= 4 is 30.7 Å². The molecule has 0 aromatic carbocycles. The van der Waals surface area contributed by atoms with Crippen molar-refractivity contribution in [3.05, 3.63) is 34.2 Å². The lowest BCUT2D eigenvalue weighted by molar-refractivity contribution is 0.0447. The van der Waals surface area contributed by atoms with E-state index in [1.54, 1.807) is 13.2 Å². The number of rotatable bonds is 3. The molecule has 0 bridgehead atoms. The monoisotopic (exact) mass is 323 g/mol. The van der Waals surface area contributed by atoms with Gasteiger partial charge in [0, 0.05) is 19.9 Å². The third-order valence-electron chi connectivity index (χ3n) is 3.10. The summed E-state index contributed by atoms with van der Waals surface area (Å²) in [6.07, 6.45) is 2.32. The van der Waals surface area contributed by atoms with Crippen molar-refractivity contribution in [3.63, 3.8) is 0 Å². The van der Waals surface area contributed by atoms with Crippen LogP contribution in [0.1, 0.15) is 16.8 Å². The number of piperidine rings is 1. The molecule has 2 rings (SSSR count). The number of carbonyl (C=O) groups excluding carboxylic acids is 1. The molecule has 1 amide bonds. The van der Waals surface area contributed by atoms with Crippen LogP contribution in [0.4, 0.5) is 0 Å². The molecule has 2 heterocycles. The number of pyridine rings is 1. The van der Waals surface area contributed by atoms with E-state index in [1.165, 1.54) is 12.3 Å². The van der Waals surface area contributed by atoms with Gasteiger partial charge in [0.15, 0.2) is 0 Å². The SMILES string of the molecule is CO[C@@H]1CCNC[C@@H]1NC(=O)c1ccc[nH]c1=O.Cl.Cl. The average molecular weight is 324 g/mol. The molecule has 1 aromatic rings. The highest BCUT2D eigenvalue weighted by Crippen LogP contribution is 2.07. The van der Waals surface area contributed by atoms with E-state index in [4.69, 9.17) is 4.74 Å². The molecule has 1 aliphatic heterocycles. The molecule has 1 fully saturated rings. The van der Waals surface area contributed by atoms with E-state index < -0.39 is 0 Å². The van der Waals surface area contributed by atoms with E-state index in [1.807, 2.05) is 0 Å². The Balaban J connectivity index is 0.00000180. The minimum atomic E-state index is -0.382. The van der Waals surface area contributed by atoms with Gasteiger partial charge in [-0.1, -0.05) is 0 Å². The molecular weight excluding hydrogens is 305 g/mol. The Morgan fingerprint density at radius 3 is 2.85 bits per heavy atom. The zero-order valence-corrected chi connectivity index (χ0v) is 12.7. The average Bonchev–Trinajstić information content (AvgIpc) is 2.39. The van der Waals surface area contributed by atoms with Crippen molar-refractivity contribution in [2.24, 2.45) is 0 Å². The van der Waals surface area contributed by atoms with Gasteiger partial charge in [-0.3, -0.25) is 9.59 Å². The molecule has 0 aliphatic carbocycles. The minimum Gasteiger partial charge on any atom is -0.379 e. The Hall–Kier alpha value is -1.08. The Kier molecular flexibility index (Phi) is 8.48. The van der Waals surface area contributed by atoms with Gasteiger partial charge < -0.3 is 20.4 Å². The molecular formula is C12H19Cl2N3O3. The quantitative estimate of drug-likeness (QED) is 0.748. The summed E-state index contributed by atoms with van der Waals surface area (Å²) >= 11 is 0. The number of hydrogen-bond donors (Lipinski definition) is 3. The predicted octanol–water partition coefficient (Wildman–Crippen LogP) is 0.325. The summed E-state index contributed by atoms with van der Waals surface area (Å²) in [6.45, 7) is 1.52. The summed E-state index contributed by atoms with van der Waals surface area (Å²) in [5.41, 5.74) is -0.259. The molecule has 0 spiro atoms. The molecule has 1 aromatic heterocycles. The first-order valence-electron chi connectivity index (χ1n) is 5.94. The number of amides is 1. The highest BCUT2D eigenvalue weighted by atomic mass is 35.5. The third kappa shape index (κ3) is 4.49. The summed E-state index contributed by atoms with van der Waals surface area (Å²) < 4.78 is 5.33. The smallest absolute Gasteiger partial charge is 0.260 e. The maximum absolute atomic E-state index is 12.0. The highest BCUT2D eigenvalue weighted by molar-refractivity contribution is 5.94. The van der Waals surface area contributed by atoms with Crippen molar-refractivity contribution < 1.29 is 9.53 Å². The Bertz CT molecular complexity index is 481. The van der Waals surface area contributed by atoms with Crippen LogP contribution in [0.25, 0.3) is 0 Å². The molecule has 0 unspecified atom stereocenters. The van der Waals surface area contributed by atoms with Crippen molar-refractivity contribution in [3.8, 4) is 0 Å². The molecule has 0 radical (unpaired) electrons. The van der Waals surface area contributed by atoms with Crippen molar-refractivity contribution in [2.45, 2.75) is 18.6 Å². The Morgan fingerprint density at radius 1 is 1.45 bits per heavy atom. The van der Waals surface area contributed by atoms with E-state index >= 15 is 0 Å². The van der Waals surface area contributed by atoms with Gasteiger partial charge in [0.2, 0.25) is 0 Å². The zero-order chi connectivity index (χ0) is 13.0. The first-order chi connectivity index (χ1) is 8.72. The second-order valence-electron chi connectivity index (χ2n) is 4.26. The minimum absolute atomic E-state index is 0. The molecule has 3 N–H and O–H groups in total. The molecule has 114 valence electrons. The van der Waals surface area contributed by atoms with Crippen LogP contribution in [0, 0.1) is 0 Å². The van der Waals surface area contributed by atoms with Crippen LogP contribution in [0.15, 0.2) is 23.1 Å². The number of halogens is 2. The van der Waals surface area contributed by atoms with Crippen LogP contribution in [0.2, 0.25) is 0 Å². The van der Waals surface area contributed by atoms with Crippen LogP contribution in [0.5, 0.6) is 0 Å². The van der Waals surface area contributed by atoms with Crippen LogP contribution < -0.4 is 16.2 Å². The number of H-pyrrole nitrogens is 1. The summed E-state index contributed by atoms with van der Waals surface area (Å²) in [7, 11) is 1.63. The van der Waals surface area contributed by atoms with Gasteiger partial charge in [-0.15, -0.1) is 24.8 Å². The second-order valence-corrected chi connectivity index (χ2v) is 4.26. The molecule has 8 heteroatoms. The molecule has 1 aliphatic rings. The Morgan fingerprint density at radius 2 is 2.20 bits per heavy atom. The fraction of sp³-hybridized carbons (Fsp3) is 0.500. The first-order valence-corrected chi connectivity index (χ1v) is 5.94. The van der Waals surface area contributed by atoms with Gasteiger partial charge in [0.25, 0.3) is 11.5 Å². The van der Waals surface area contributed by atoms with Crippen LogP contribution in [-0.2, 0) is 4.74 Å². The number of ether oxygens (including phenoxy) is 1. The van der Waals surface area contributed by atoms with Gasteiger partial charge in [-0.05, 0) is 25.1 Å². The summed E-state index contributed by atoms with van der Waals surface area (Å²) in [5.74, 6) is -0.368. The summed E-state index contributed by atoms with van der Waals surface area (Å²) in [5, 5.41) is 6.02. The number of methoxy groups -OCH3 is 1. The number of aromatic amines is 1. The lowest BCUT2D eigenvalue weighted by Crippen LogP contribution is -2.54. The topological polar surface area (TPSA) is 83.2 Å². The molecule has 1 saturated heterocycles. The van der Waals surface area contributed by atoms with Gasteiger partial charge in [-0.25, -0.2) is 0 Å². The third-order valence-corrected chi connectivity index (χ3v) is 3.10. The summed E-state index contributed by atoms with van der Waals surface area (Å²) in [4.78, 5) is 26.0. The summed E-state index contributed by atoms with van der Waals surface area (Å²) in [6, 6.07) is 3.02. The van der Waals surface area contributed by atoms with Gasteiger partial charge in [-0.2, -0.15) is 0 Å². The fourth-order valence-corrected chi connectivity index (χ4v) is 2.11. The van der Waals surface area contributed by atoms with Gasteiger partial charge in [0.05, 0.1) is 12.1 Å². The largest absolute Gasteiger partial charge is 0.379 e. The van der Waals surface area contributed by atoms with E-state index in [-0.39, 0.29) is 54.0 Å². The van der Waals surface area contributed by atoms with Crippen molar-refractivity contribution in [1.82, 2.24) is 15.6 Å². The van der Waals surface area contributed by atoms with E-state index in [9.17, 15) is 9.59 Å². The number of nitrogens with one attached hydrogen (secondary N) is 3. The highest BCUT2D eigenvalue weighted by Gasteiger charge is 2.26. The van der Waals surface area contributed by atoms with Crippen molar-refractivity contribution in [1.29, 1.82) is 0 Å². The van der Waals surface area contributed by atoms with E-state index in [0.29, 0.717) is 6.54 Å². The number of hydrogen-bond acceptors (Lipinski definition) is 4. The second kappa shape index (κ2) is 8.97. The predicted molar refractivity (Wildman–Crippen MR) is 81.1 cm³/mol. The number of aromatic nitrogens is 1. The maximum atomic E-state index is 12.0. The zero-order valence-electron chi connectivity index (χ0n) is 11.0. The van der Waals surface area contributed by atoms with E-state index in [2.05, 4.69) is 15.6 Å².